The summed E-state index contributed by atoms with van der Waals surface area (Å²) in [5, 5.41) is 0. The zero-order valence-corrected chi connectivity index (χ0v) is 24.1. The largest absolute Gasteiger partial charge is 0.497 e. The van der Waals surface area contributed by atoms with Crippen LogP contribution in [0.15, 0.2) is 48.5 Å². The first kappa shape index (κ1) is 31.2. The van der Waals surface area contributed by atoms with Gasteiger partial charge in [0.15, 0.2) is 0 Å². The summed E-state index contributed by atoms with van der Waals surface area (Å²) in [5.41, 5.74) is 2.33. The van der Waals surface area contributed by atoms with Gasteiger partial charge in [-0.15, -0.1) is 0 Å². The molecular formula is C34H54O3. The topological polar surface area (TPSA) is 27.7 Å². The first-order valence-corrected chi connectivity index (χ1v) is 15.2. The van der Waals surface area contributed by atoms with E-state index in [9.17, 15) is 0 Å². The predicted molar refractivity (Wildman–Crippen MR) is 158 cm³/mol. The van der Waals surface area contributed by atoms with Gasteiger partial charge in [0.05, 0.1) is 13.2 Å². The molecule has 0 fully saturated rings. The first-order chi connectivity index (χ1) is 18.2. The van der Waals surface area contributed by atoms with Gasteiger partial charge in [-0.05, 0) is 48.7 Å². The zero-order valence-electron chi connectivity index (χ0n) is 24.1. The fourth-order valence-electron chi connectivity index (χ4n) is 4.73. The number of hydrogen-bond donors (Lipinski definition) is 0. The molecular weight excluding hydrogens is 456 g/mol. The van der Waals surface area contributed by atoms with Crippen LogP contribution in [-0.2, 0) is 11.3 Å². The van der Waals surface area contributed by atoms with Crippen molar-refractivity contribution < 1.29 is 14.2 Å². The predicted octanol–water partition coefficient (Wildman–Crippen LogP) is 10.6. The minimum Gasteiger partial charge on any atom is -0.497 e. The zero-order chi connectivity index (χ0) is 26.4. The molecule has 0 saturated carbocycles. The second kappa shape index (κ2) is 21.0. The van der Waals surface area contributed by atoms with Crippen molar-refractivity contribution in [2.45, 2.75) is 129 Å². The monoisotopic (exact) mass is 510 g/mol. The van der Waals surface area contributed by atoms with E-state index in [1.54, 1.807) is 7.11 Å². The maximum absolute atomic E-state index is 6.09. The van der Waals surface area contributed by atoms with Crippen LogP contribution in [0.25, 0.3) is 0 Å². The smallest absolute Gasteiger partial charge is 0.119 e. The standard InChI is InChI=1S/C34H54O3/c1-4-5-6-7-8-9-10-11-12-13-14-15-16-17-18-19-28-36-30(2)32-22-26-34(27-23-32)37-29-31-20-24-33(35-3)25-21-31/h20-27,30H,4-19,28-29H2,1-3H3. The molecule has 1 atom stereocenters. The molecule has 0 aromatic heterocycles. The summed E-state index contributed by atoms with van der Waals surface area (Å²) in [6.45, 7) is 5.82. The average Bonchev–Trinajstić information content (AvgIpc) is 2.94. The van der Waals surface area contributed by atoms with Crippen molar-refractivity contribution in [1.29, 1.82) is 0 Å². The van der Waals surface area contributed by atoms with E-state index < -0.39 is 0 Å². The molecule has 0 bridgehead atoms. The molecule has 37 heavy (non-hydrogen) atoms. The van der Waals surface area contributed by atoms with Crippen molar-refractivity contribution in [2.24, 2.45) is 0 Å². The normalized spacial score (nSPS) is 12.0. The number of unbranched alkanes of at least 4 members (excludes halogenated alkanes) is 15. The molecule has 208 valence electrons. The van der Waals surface area contributed by atoms with E-state index in [2.05, 4.69) is 26.0 Å². The molecule has 0 saturated heterocycles. The number of benzene rings is 2. The molecule has 0 spiro atoms. The summed E-state index contributed by atoms with van der Waals surface area (Å²) < 4.78 is 17.2. The molecule has 0 radical (unpaired) electrons. The van der Waals surface area contributed by atoms with Gasteiger partial charge < -0.3 is 14.2 Å². The molecule has 0 aliphatic carbocycles. The number of hydrogen-bond acceptors (Lipinski definition) is 3. The molecule has 3 heteroatoms. The summed E-state index contributed by atoms with van der Waals surface area (Å²) in [6, 6.07) is 16.3. The molecule has 0 N–H and O–H groups in total. The van der Waals surface area contributed by atoms with E-state index in [-0.39, 0.29) is 6.10 Å². The highest BCUT2D eigenvalue weighted by Gasteiger charge is 2.06. The lowest BCUT2D eigenvalue weighted by molar-refractivity contribution is 0.0627. The van der Waals surface area contributed by atoms with E-state index in [1.807, 2.05) is 36.4 Å². The Morgan fingerprint density at radius 2 is 1.03 bits per heavy atom. The Bertz CT molecular complexity index is 769. The van der Waals surface area contributed by atoms with Crippen LogP contribution in [-0.4, -0.2) is 13.7 Å². The number of ether oxygens (including phenoxy) is 3. The van der Waals surface area contributed by atoms with Gasteiger partial charge >= 0.3 is 0 Å². The highest BCUT2D eigenvalue weighted by atomic mass is 16.5. The number of rotatable bonds is 23. The van der Waals surface area contributed by atoms with Crippen molar-refractivity contribution in [1.82, 2.24) is 0 Å². The molecule has 1 unspecified atom stereocenters. The minimum absolute atomic E-state index is 0.118. The summed E-state index contributed by atoms with van der Waals surface area (Å²) in [4.78, 5) is 0. The summed E-state index contributed by atoms with van der Waals surface area (Å²) in [7, 11) is 1.68. The fraction of sp³-hybridized carbons (Fsp3) is 0.647. The van der Waals surface area contributed by atoms with Gasteiger partial charge in [-0.2, -0.15) is 0 Å². The van der Waals surface area contributed by atoms with Crippen molar-refractivity contribution in [3.8, 4) is 11.5 Å². The highest BCUT2D eigenvalue weighted by molar-refractivity contribution is 5.30. The summed E-state index contributed by atoms with van der Waals surface area (Å²) >= 11 is 0. The Kier molecular flexibility index (Phi) is 17.7. The van der Waals surface area contributed by atoms with E-state index in [1.165, 1.54) is 102 Å². The highest BCUT2D eigenvalue weighted by Crippen LogP contribution is 2.22. The second-order valence-electron chi connectivity index (χ2n) is 10.5. The molecule has 3 nitrogen and oxygen atoms in total. The van der Waals surface area contributed by atoms with Crippen LogP contribution in [0.2, 0.25) is 0 Å². The lowest BCUT2D eigenvalue weighted by atomic mass is 10.0. The Balaban J connectivity index is 1.41. The fourth-order valence-corrected chi connectivity index (χ4v) is 4.73. The summed E-state index contributed by atoms with van der Waals surface area (Å²) in [5.74, 6) is 1.74. The maximum atomic E-state index is 6.09. The molecule has 0 aliphatic heterocycles. The number of methoxy groups -OCH3 is 1. The van der Waals surface area contributed by atoms with E-state index >= 15 is 0 Å². The van der Waals surface area contributed by atoms with Crippen molar-refractivity contribution in [3.05, 3.63) is 59.7 Å². The Hall–Kier alpha value is -2.00. The molecule has 2 rings (SSSR count). The third-order valence-corrected chi connectivity index (χ3v) is 7.28. The van der Waals surface area contributed by atoms with Gasteiger partial charge in [0, 0.05) is 6.61 Å². The first-order valence-electron chi connectivity index (χ1n) is 15.2. The van der Waals surface area contributed by atoms with Crippen molar-refractivity contribution in [3.63, 3.8) is 0 Å². The lowest BCUT2D eigenvalue weighted by Gasteiger charge is -2.14. The van der Waals surface area contributed by atoms with Crippen LogP contribution in [0, 0.1) is 0 Å². The van der Waals surface area contributed by atoms with Crippen LogP contribution in [0.5, 0.6) is 11.5 Å². The molecule has 2 aromatic rings. The lowest BCUT2D eigenvalue weighted by Crippen LogP contribution is -2.02. The second-order valence-corrected chi connectivity index (χ2v) is 10.5. The molecule has 0 heterocycles. The van der Waals surface area contributed by atoms with Crippen molar-refractivity contribution in [2.75, 3.05) is 13.7 Å². The Morgan fingerprint density at radius 1 is 0.568 bits per heavy atom. The quantitative estimate of drug-likeness (QED) is 0.139. The van der Waals surface area contributed by atoms with E-state index in [0.29, 0.717) is 6.61 Å². The molecule has 2 aromatic carbocycles. The SMILES string of the molecule is CCCCCCCCCCCCCCCCCCOC(C)c1ccc(OCc2ccc(OC)cc2)cc1. The maximum Gasteiger partial charge on any atom is 0.119 e. The Labute approximate surface area is 228 Å². The minimum atomic E-state index is 0.118. The van der Waals surface area contributed by atoms with Gasteiger partial charge in [0.25, 0.3) is 0 Å². The van der Waals surface area contributed by atoms with Gasteiger partial charge in [-0.1, -0.05) is 128 Å². The van der Waals surface area contributed by atoms with Crippen molar-refractivity contribution >= 4 is 0 Å². The average molecular weight is 511 g/mol. The van der Waals surface area contributed by atoms with Crippen LogP contribution >= 0.6 is 0 Å². The third kappa shape index (κ3) is 15.1. The van der Waals surface area contributed by atoms with Crippen LogP contribution in [0.1, 0.15) is 134 Å². The van der Waals surface area contributed by atoms with Crippen LogP contribution < -0.4 is 9.47 Å². The van der Waals surface area contributed by atoms with E-state index in [4.69, 9.17) is 14.2 Å². The van der Waals surface area contributed by atoms with Gasteiger partial charge in [0.2, 0.25) is 0 Å². The summed E-state index contributed by atoms with van der Waals surface area (Å²) in [6.07, 6.45) is 22.5. The van der Waals surface area contributed by atoms with Gasteiger partial charge in [-0.25, -0.2) is 0 Å². The van der Waals surface area contributed by atoms with Crippen LogP contribution in [0.3, 0.4) is 0 Å². The van der Waals surface area contributed by atoms with Crippen LogP contribution in [0.4, 0.5) is 0 Å². The van der Waals surface area contributed by atoms with E-state index in [0.717, 1.165) is 30.1 Å². The van der Waals surface area contributed by atoms with Gasteiger partial charge in [0.1, 0.15) is 18.1 Å². The van der Waals surface area contributed by atoms with Gasteiger partial charge in [-0.3, -0.25) is 0 Å². The Morgan fingerprint density at radius 3 is 1.51 bits per heavy atom. The molecule has 0 amide bonds. The molecule has 0 aliphatic rings. The third-order valence-electron chi connectivity index (χ3n) is 7.28.